The molecule has 11 heavy (non-hydrogen) atoms. The van der Waals surface area contributed by atoms with Crippen molar-refractivity contribution in [3.8, 4) is 0 Å². The van der Waals surface area contributed by atoms with Gasteiger partial charge in [0, 0.05) is 0 Å². The van der Waals surface area contributed by atoms with Gasteiger partial charge in [-0.25, -0.2) is 0 Å². The molecule has 0 spiro atoms. The van der Waals surface area contributed by atoms with E-state index >= 15 is 0 Å². The van der Waals surface area contributed by atoms with Crippen molar-refractivity contribution in [2.75, 3.05) is 0 Å². The van der Waals surface area contributed by atoms with Crippen LogP contribution in [-0.2, 0) is 14.1 Å². The topological polar surface area (TPSA) is 35.5 Å². The first-order valence-corrected chi connectivity index (χ1v) is 3.61. The third-order valence-corrected chi connectivity index (χ3v) is 1.40. The summed E-state index contributed by atoms with van der Waals surface area (Å²) in [5.41, 5.74) is 0. The van der Waals surface area contributed by atoms with E-state index < -0.39 is 0 Å². The highest BCUT2D eigenvalue weighted by Crippen LogP contribution is 2.01. The largest absolute Gasteiger partial charge is 0.578 e. The SMILES string of the molecule is C=COBOC(=O)C(C)CC. The summed E-state index contributed by atoms with van der Waals surface area (Å²) in [5, 5.41) is 0. The van der Waals surface area contributed by atoms with Gasteiger partial charge in [-0.05, 0) is 6.42 Å². The molecule has 1 atom stereocenters. The van der Waals surface area contributed by atoms with Gasteiger partial charge in [0.1, 0.15) is 0 Å². The maximum atomic E-state index is 10.9. The summed E-state index contributed by atoms with van der Waals surface area (Å²) < 4.78 is 9.32. The van der Waals surface area contributed by atoms with Crippen LogP contribution < -0.4 is 0 Å². The van der Waals surface area contributed by atoms with Gasteiger partial charge in [0.2, 0.25) is 0 Å². The second-order valence-corrected chi connectivity index (χ2v) is 2.22. The fraction of sp³-hybridized carbons (Fsp3) is 0.571. The molecule has 0 heterocycles. The van der Waals surface area contributed by atoms with E-state index in [1.54, 1.807) is 0 Å². The maximum Gasteiger partial charge on any atom is 0.578 e. The predicted molar refractivity (Wildman–Crippen MR) is 44.0 cm³/mol. The fourth-order valence-corrected chi connectivity index (χ4v) is 0.449. The predicted octanol–water partition coefficient (Wildman–Crippen LogP) is 1.00. The van der Waals surface area contributed by atoms with Crippen LogP contribution in [-0.4, -0.2) is 13.7 Å². The van der Waals surface area contributed by atoms with Gasteiger partial charge in [-0.1, -0.05) is 20.4 Å². The molecule has 0 fully saturated rings. The maximum absolute atomic E-state index is 10.9. The van der Waals surface area contributed by atoms with Crippen molar-refractivity contribution < 1.29 is 14.1 Å². The highest BCUT2D eigenvalue weighted by molar-refractivity contribution is 6.22. The monoisotopic (exact) mass is 156 g/mol. The zero-order chi connectivity index (χ0) is 8.69. The summed E-state index contributed by atoms with van der Waals surface area (Å²) in [6.07, 6.45) is 2.02. The Morgan fingerprint density at radius 2 is 2.45 bits per heavy atom. The Balaban J connectivity index is 3.43. The summed E-state index contributed by atoms with van der Waals surface area (Å²) >= 11 is 0. The summed E-state index contributed by atoms with van der Waals surface area (Å²) in [6, 6.07) is 0. The van der Waals surface area contributed by atoms with Crippen LogP contribution in [0.15, 0.2) is 12.8 Å². The molecule has 0 N–H and O–H groups in total. The van der Waals surface area contributed by atoms with Crippen LogP contribution in [0.5, 0.6) is 0 Å². The average molecular weight is 156 g/mol. The van der Waals surface area contributed by atoms with E-state index in [-0.39, 0.29) is 19.6 Å². The highest BCUT2D eigenvalue weighted by Gasteiger charge is 2.11. The number of carbonyl (C=O) groups excluding carboxylic acids is 1. The molecule has 4 heteroatoms. The normalized spacial score (nSPS) is 11.5. The summed E-state index contributed by atoms with van der Waals surface area (Å²) in [5.74, 6) is -0.280. The molecule has 1 unspecified atom stereocenters. The quantitative estimate of drug-likeness (QED) is 0.338. The third-order valence-electron chi connectivity index (χ3n) is 1.40. The van der Waals surface area contributed by atoms with Gasteiger partial charge < -0.3 is 9.31 Å². The summed E-state index contributed by atoms with van der Waals surface area (Å²) in [4.78, 5) is 10.9. The standard InChI is InChI=1S/C7H13BO3/c1-4-6(3)7(9)11-8-10-5-2/h5-6,8H,2,4H2,1,3H3. The molecule has 0 saturated heterocycles. The molecule has 0 aliphatic rings. The molecule has 0 saturated carbocycles. The summed E-state index contributed by atoms with van der Waals surface area (Å²) in [7, 11) is -0.0350. The van der Waals surface area contributed by atoms with Crippen LogP contribution in [0.2, 0.25) is 0 Å². The number of hydrogen-bond acceptors (Lipinski definition) is 3. The molecular weight excluding hydrogens is 143 g/mol. The van der Waals surface area contributed by atoms with Crippen molar-refractivity contribution in [3.05, 3.63) is 12.8 Å². The van der Waals surface area contributed by atoms with E-state index in [1.807, 2.05) is 13.8 Å². The lowest BCUT2D eigenvalue weighted by atomic mass is 10.1. The minimum atomic E-state index is -0.227. The first kappa shape index (κ1) is 10.1. The van der Waals surface area contributed by atoms with Crippen LogP contribution in [0.3, 0.4) is 0 Å². The summed E-state index contributed by atoms with van der Waals surface area (Å²) in [6.45, 7) is 7.06. The van der Waals surface area contributed by atoms with Crippen LogP contribution in [0.4, 0.5) is 0 Å². The molecule has 0 amide bonds. The van der Waals surface area contributed by atoms with E-state index in [1.165, 1.54) is 6.26 Å². The number of carbonyl (C=O) groups is 1. The second kappa shape index (κ2) is 5.83. The Morgan fingerprint density at radius 3 is 2.91 bits per heavy atom. The van der Waals surface area contributed by atoms with Gasteiger partial charge in [0.05, 0.1) is 12.2 Å². The van der Waals surface area contributed by atoms with Crippen molar-refractivity contribution in [2.24, 2.45) is 5.92 Å². The average Bonchev–Trinajstić information content (AvgIpc) is 2.03. The Bertz CT molecular complexity index is 136. The van der Waals surface area contributed by atoms with E-state index in [4.69, 9.17) is 4.65 Å². The minimum Gasteiger partial charge on any atom is -0.535 e. The first-order chi connectivity index (χ1) is 5.22. The van der Waals surface area contributed by atoms with Crippen LogP contribution >= 0.6 is 0 Å². The lowest BCUT2D eigenvalue weighted by Gasteiger charge is -2.07. The smallest absolute Gasteiger partial charge is 0.535 e. The molecule has 0 bridgehead atoms. The molecule has 0 aliphatic heterocycles. The van der Waals surface area contributed by atoms with Crippen molar-refractivity contribution in [3.63, 3.8) is 0 Å². The molecule has 0 radical (unpaired) electrons. The minimum absolute atomic E-state index is 0.0350. The lowest BCUT2D eigenvalue weighted by Crippen LogP contribution is -2.16. The van der Waals surface area contributed by atoms with Crippen molar-refractivity contribution in [2.45, 2.75) is 20.3 Å². The Morgan fingerprint density at radius 1 is 1.82 bits per heavy atom. The van der Waals surface area contributed by atoms with Gasteiger partial charge in [-0.2, -0.15) is 0 Å². The van der Waals surface area contributed by atoms with Crippen LogP contribution in [0.25, 0.3) is 0 Å². The first-order valence-electron chi connectivity index (χ1n) is 3.61. The third kappa shape index (κ3) is 4.48. The Labute approximate surface area is 67.7 Å². The van der Waals surface area contributed by atoms with Crippen molar-refractivity contribution in [1.82, 2.24) is 0 Å². The molecule has 0 aromatic rings. The molecule has 3 nitrogen and oxygen atoms in total. The van der Waals surface area contributed by atoms with Gasteiger partial charge in [-0.15, -0.1) is 0 Å². The molecule has 62 valence electrons. The van der Waals surface area contributed by atoms with E-state index in [0.29, 0.717) is 0 Å². The highest BCUT2D eigenvalue weighted by atomic mass is 16.6. The van der Waals surface area contributed by atoms with Gasteiger partial charge >= 0.3 is 7.69 Å². The van der Waals surface area contributed by atoms with Crippen molar-refractivity contribution >= 4 is 13.7 Å². The second-order valence-electron chi connectivity index (χ2n) is 2.22. The Kier molecular flexibility index (Phi) is 5.34. The number of hydrogen-bond donors (Lipinski definition) is 0. The van der Waals surface area contributed by atoms with E-state index in [2.05, 4.69) is 11.2 Å². The lowest BCUT2D eigenvalue weighted by molar-refractivity contribution is -0.139. The fourth-order valence-electron chi connectivity index (χ4n) is 0.449. The molecule has 0 aromatic heterocycles. The van der Waals surface area contributed by atoms with E-state index in [9.17, 15) is 4.79 Å². The zero-order valence-electron chi connectivity index (χ0n) is 7.00. The molecule has 0 aliphatic carbocycles. The van der Waals surface area contributed by atoms with E-state index in [0.717, 1.165) is 6.42 Å². The van der Waals surface area contributed by atoms with Gasteiger partial charge in [0.15, 0.2) is 0 Å². The molecular formula is C7H13BO3. The molecule has 0 rings (SSSR count). The zero-order valence-corrected chi connectivity index (χ0v) is 7.00. The van der Waals surface area contributed by atoms with Gasteiger partial charge in [-0.3, -0.25) is 4.79 Å². The Hall–Kier alpha value is -0.925. The van der Waals surface area contributed by atoms with Crippen LogP contribution in [0, 0.1) is 5.92 Å². The van der Waals surface area contributed by atoms with Crippen molar-refractivity contribution in [1.29, 1.82) is 0 Å². The van der Waals surface area contributed by atoms with Gasteiger partial charge in [0.25, 0.3) is 5.97 Å². The number of rotatable bonds is 5. The van der Waals surface area contributed by atoms with Crippen LogP contribution in [0.1, 0.15) is 20.3 Å². The molecule has 0 aromatic carbocycles.